The first-order chi connectivity index (χ1) is 16.4. The molecule has 0 saturated carbocycles. The number of carbonyl (C=O) groups excluding carboxylic acids is 2. The molecule has 1 fully saturated rings. The second-order valence-electron chi connectivity index (χ2n) is 8.28. The lowest BCUT2D eigenvalue weighted by atomic mass is 10.1. The number of aryl methyl sites for hydroxylation is 2. The Morgan fingerprint density at radius 3 is 2.76 bits per heavy atom. The van der Waals surface area contributed by atoms with Crippen LogP contribution < -0.4 is 10.5 Å². The van der Waals surface area contributed by atoms with Crippen molar-refractivity contribution in [3.8, 4) is 17.4 Å². The largest absolute Gasteiger partial charge is 0.494 e. The van der Waals surface area contributed by atoms with Crippen molar-refractivity contribution in [1.82, 2.24) is 24.0 Å². The van der Waals surface area contributed by atoms with E-state index in [1.807, 2.05) is 23.1 Å². The molecule has 3 aromatic heterocycles. The molecule has 1 aliphatic heterocycles. The molecule has 2 amide bonds. The minimum Gasteiger partial charge on any atom is -0.494 e. The fourth-order valence-corrected chi connectivity index (χ4v) is 5.57. The van der Waals surface area contributed by atoms with Crippen molar-refractivity contribution >= 4 is 44.7 Å². The Morgan fingerprint density at radius 2 is 2.03 bits per heavy atom. The Labute approximate surface area is 199 Å². The van der Waals surface area contributed by atoms with Crippen molar-refractivity contribution in [3.63, 3.8) is 0 Å². The number of likely N-dealkylation sites (tertiary alicyclic amines) is 1. The molecule has 5 rings (SSSR count). The zero-order valence-corrected chi connectivity index (χ0v) is 20.1. The van der Waals surface area contributed by atoms with Crippen LogP contribution in [0.4, 0.5) is 4.79 Å². The fraction of sp³-hybridized carbons (Fsp3) is 0.391. The zero-order valence-electron chi connectivity index (χ0n) is 19.3. The van der Waals surface area contributed by atoms with Crippen molar-refractivity contribution in [3.05, 3.63) is 29.1 Å². The molecule has 1 saturated heterocycles. The number of aromatic nitrogens is 4. The number of imidazole rings is 2. The molecule has 1 atom stereocenters. The number of nitrogens with two attached hydrogens (primary N) is 1. The van der Waals surface area contributed by atoms with Gasteiger partial charge in [0.15, 0.2) is 11.6 Å². The number of piperidine rings is 1. The van der Waals surface area contributed by atoms with Crippen LogP contribution in [0.15, 0.2) is 23.6 Å². The first-order valence-corrected chi connectivity index (χ1v) is 12.0. The van der Waals surface area contributed by atoms with Gasteiger partial charge in [0.05, 0.1) is 19.2 Å². The van der Waals surface area contributed by atoms with E-state index in [1.165, 1.54) is 0 Å². The van der Waals surface area contributed by atoms with Gasteiger partial charge < -0.3 is 29.2 Å². The van der Waals surface area contributed by atoms with Crippen molar-refractivity contribution < 1.29 is 19.1 Å². The Kier molecular flexibility index (Phi) is 5.64. The summed E-state index contributed by atoms with van der Waals surface area (Å²) < 4.78 is 14.9. The molecule has 0 bridgehead atoms. The number of thiophene rings is 1. The number of fused-ring (bicyclic) bond motifs is 2. The standard InChI is InChI=1S/C23H26N6O4S/c1-4-29-20(25-15-7-9-34-22(15)29)19-26-16-10-13(11-17(32-3)18(16)27(19)2)21(30)28-8-5-6-14(12-28)33-23(24)31/h7,9-11,14H,4-6,8,12H2,1-3H3,(H2,24,31). The maximum absolute atomic E-state index is 13.3. The highest BCUT2D eigenvalue weighted by molar-refractivity contribution is 7.16. The van der Waals surface area contributed by atoms with Crippen LogP contribution in [0.5, 0.6) is 5.75 Å². The highest BCUT2D eigenvalue weighted by atomic mass is 32.1. The van der Waals surface area contributed by atoms with E-state index < -0.39 is 12.2 Å². The fourth-order valence-electron chi connectivity index (χ4n) is 4.67. The normalized spacial score (nSPS) is 16.3. The molecule has 0 radical (unpaired) electrons. The summed E-state index contributed by atoms with van der Waals surface area (Å²) in [7, 11) is 3.50. The van der Waals surface area contributed by atoms with E-state index in [0.717, 1.165) is 34.7 Å². The van der Waals surface area contributed by atoms with E-state index in [2.05, 4.69) is 11.5 Å². The second-order valence-corrected chi connectivity index (χ2v) is 9.18. The van der Waals surface area contributed by atoms with Crippen LogP contribution in [-0.4, -0.2) is 62.3 Å². The number of hydrogen-bond acceptors (Lipinski definition) is 7. The molecule has 11 heteroatoms. The van der Waals surface area contributed by atoms with E-state index in [-0.39, 0.29) is 5.91 Å². The minimum absolute atomic E-state index is 0.166. The third-order valence-corrected chi connectivity index (χ3v) is 7.14. The lowest BCUT2D eigenvalue weighted by molar-refractivity contribution is 0.0373. The number of amides is 2. The number of hydrogen-bond donors (Lipinski definition) is 1. The van der Waals surface area contributed by atoms with Gasteiger partial charge in [-0.05, 0) is 43.3 Å². The SMILES string of the molecule is CCn1c(-c2nc3cc(C(=O)N4CCCC(OC(N)=O)C4)cc(OC)c3n2C)nc2ccsc21. The zero-order chi connectivity index (χ0) is 24.0. The number of ether oxygens (including phenoxy) is 2. The Hall–Kier alpha value is -3.60. The van der Waals surface area contributed by atoms with Gasteiger partial charge >= 0.3 is 6.09 Å². The molecule has 0 aliphatic carbocycles. The summed E-state index contributed by atoms with van der Waals surface area (Å²) in [6.07, 6.45) is 0.186. The van der Waals surface area contributed by atoms with E-state index >= 15 is 0 Å². The lowest BCUT2D eigenvalue weighted by Gasteiger charge is -2.32. The molecule has 1 aromatic carbocycles. The molecule has 4 heterocycles. The van der Waals surface area contributed by atoms with E-state index in [4.69, 9.17) is 25.2 Å². The average molecular weight is 483 g/mol. The van der Waals surface area contributed by atoms with E-state index in [1.54, 1.807) is 35.5 Å². The first kappa shape index (κ1) is 22.2. The van der Waals surface area contributed by atoms with Gasteiger partial charge in [-0.15, -0.1) is 11.3 Å². The number of benzene rings is 1. The molecular formula is C23H26N6O4S. The van der Waals surface area contributed by atoms with Crippen LogP contribution in [0, 0.1) is 0 Å². The molecule has 34 heavy (non-hydrogen) atoms. The van der Waals surface area contributed by atoms with Crippen molar-refractivity contribution in [2.24, 2.45) is 12.8 Å². The summed E-state index contributed by atoms with van der Waals surface area (Å²) in [5.74, 6) is 1.87. The summed E-state index contributed by atoms with van der Waals surface area (Å²) in [5.41, 5.74) is 8.00. The smallest absolute Gasteiger partial charge is 0.404 e. The Bertz CT molecular complexity index is 1400. The summed E-state index contributed by atoms with van der Waals surface area (Å²) in [5, 5.41) is 2.03. The van der Waals surface area contributed by atoms with Gasteiger partial charge in [0.1, 0.15) is 27.7 Å². The third kappa shape index (κ3) is 3.65. The van der Waals surface area contributed by atoms with Gasteiger partial charge in [-0.2, -0.15) is 0 Å². The molecule has 1 unspecified atom stereocenters. The van der Waals surface area contributed by atoms with Crippen LogP contribution >= 0.6 is 11.3 Å². The van der Waals surface area contributed by atoms with Crippen LogP contribution in [-0.2, 0) is 18.3 Å². The highest BCUT2D eigenvalue weighted by Gasteiger charge is 2.28. The Morgan fingerprint density at radius 1 is 1.24 bits per heavy atom. The topological polar surface area (TPSA) is 117 Å². The van der Waals surface area contributed by atoms with Crippen LogP contribution in [0.3, 0.4) is 0 Å². The minimum atomic E-state index is -0.825. The van der Waals surface area contributed by atoms with E-state index in [9.17, 15) is 9.59 Å². The third-order valence-electron chi connectivity index (χ3n) is 6.22. The first-order valence-electron chi connectivity index (χ1n) is 11.1. The second kappa shape index (κ2) is 8.64. The van der Waals surface area contributed by atoms with Crippen molar-refractivity contribution in [2.45, 2.75) is 32.4 Å². The maximum atomic E-state index is 13.3. The monoisotopic (exact) mass is 482 g/mol. The maximum Gasteiger partial charge on any atom is 0.404 e. The molecule has 2 N–H and O–H groups in total. The van der Waals surface area contributed by atoms with Crippen molar-refractivity contribution in [2.75, 3.05) is 20.2 Å². The molecule has 178 valence electrons. The number of rotatable bonds is 5. The summed E-state index contributed by atoms with van der Waals surface area (Å²) in [6, 6.07) is 5.52. The summed E-state index contributed by atoms with van der Waals surface area (Å²) in [6.45, 7) is 3.73. The van der Waals surface area contributed by atoms with Gasteiger partial charge in [-0.3, -0.25) is 4.79 Å². The highest BCUT2D eigenvalue weighted by Crippen LogP contribution is 2.34. The molecule has 10 nitrogen and oxygen atoms in total. The number of nitrogens with zero attached hydrogens (tertiary/aromatic N) is 5. The average Bonchev–Trinajstić information content (AvgIpc) is 3.50. The molecular weight excluding hydrogens is 456 g/mol. The molecule has 0 spiro atoms. The summed E-state index contributed by atoms with van der Waals surface area (Å²) >= 11 is 1.65. The van der Waals surface area contributed by atoms with Crippen LogP contribution in [0.25, 0.3) is 33.0 Å². The predicted octanol–water partition coefficient (Wildman–Crippen LogP) is 3.38. The van der Waals surface area contributed by atoms with Gasteiger partial charge in [0.25, 0.3) is 5.91 Å². The Balaban J connectivity index is 1.55. The number of primary amides is 1. The number of carbonyl (C=O) groups is 2. The van der Waals surface area contributed by atoms with Gasteiger partial charge in [0, 0.05) is 25.7 Å². The van der Waals surface area contributed by atoms with Gasteiger partial charge in [0.2, 0.25) is 0 Å². The van der Waals surface area contributed by atoms with E-state index in [0.29, 0.717) is 42.2 Å². The number of methoxy groups -OCH3 is 1. The quantitative estimate of drug-likeness (QED) is 0.466. The molecule has 1 aliphatic rings. The van der Waals surface area contributed by atoms with Crippen LogP contribution in [0.1, 0.15) is 30.1 Å². The predicted molar refractivity (Wildman–Crippen MR) is 129 cm³/mol. The van der Waals surface area contributed by atoms with Gasteiger partial charge in [-0.1, -0.05) is 0 Å². The summed E-state index contributed by atoms with van der Waals surface area (Å²) in [4.78, 5) is 36.9. The van der Waals surface area contributed by atoms with Crippen LogP contribution in [0.2, 0.25) is 0 Å². The molecule has 4 aromatic rings. The van der Waals surface area contributed by atoms with Crippen molar-refractivity contribution in [1.29, 1.82) is 0 Å². The van der Waals surface area contributed by atoms with Gasteiger partial charge in [-0.25, -0.2) is 14.8 Å². The lowest BCUT2D eigenvalue weighted by Crippen LogP contribution is -2.44.